The van der Waals surface area contributed by atoms with E-state index in [-0.39, 0.29) is 30.4 Å². The van der Waals surface area contributed by atoms with Crippen LogP contribution in [0, 0.1) is 5.92 Å². The Balaban J connectivity index is 1.57. The Hall–Kier alpha value is -1.34. The number of amides is 2. The van der Waals surface area contributed by atoms with Crippen LogP contribution >= 0.6 is 23.2 Å². The molecule has 0 radical (unpaired) electrons. The first-order valence-corrected chi connectivity index (χ1v) is 9.14. The van der Waals surface area contributed by atoms with Crippen molar-refractivity contribution in [2.75, 3.05) is 31.6 Å². The molecule has 1 aromatic rings. The number of hydrogen-bond donors (Lipinski definition) is 3. The maximum absolute atomic E-state index is 12.8. The maximum Gasteiger partial charge on any atom is 0.237 e. The molecular formula is C17H19Cl2N3O3. The number of anilines is 1. The third-order valence-corrected chi connectivity index (χ3v) is 6.35. The summed E-state index contributed by atoms with van der Waals surface area (Å²) < 4.78 is 0. The molecule has 4 rings (SSSR count). The number of rotatable bonds is 2. The zero-order chi connectivity index (χ0) is 17.8. The molecule has 3 aliphatic rings. The molecule has 3 heterocycles. The van der Waals surface area contributed by atoms with Crippen molar-refractivity contribution in [1.29, 1.82) is 0 Å². The first kappa shape index (κ1) is 17.1. The molecule has 2 amide bonds. The Kier molecular flexibility index (Phi) is 4.19. The van der Waals surface area contributed by atoms with Crippen LogP contribution in [0.4, 0.5) is 5.69 Å². The predicted molar refractivity (Wildman–Crippen MR) is 95.0 cm³/mol. The van der Waals surface area contributed by atoms with Gasteiger partial charge in [-0.2, -0.15) is 0 Å². The van der Waals surface area contributed by atoms with Crippen LogP contribution in [0.1, 0.15) is 18.4 Å². The van der Waals surface area contributed by atoms with Crippen molar-refractivity contribution in [3.8, 4) is 0 Å². The number of carbonyl (C=O) groups excluding carboxylic acids is 2. The van der Waals surface area contributed by atoms with Crippen LogP contribution in [0.3, 0.4) is 0 Å². The number of fused-ring (bicyclic) bond motifs is 2. The van der Waals surface area contributed by atoms with Crippen LogP contribution in [-0.2, 0) is 15.0 Å². The quantitative estimate of drug-likeness (QED) is 0.720. The zero-order valence-corrected chi connectivity index (χ0v) is 15.0. The zero-order valence-electron chi connectivity index (χ0n) is 13.5. The summed E-state index contributed by atoms with van der Waals surface area (Å²) in [5.74, 6) is -0.208. The molecule has 0 saturated carbocycles. The van der Waals surface area contributed by atoms with Gasteiger partial charge in [0.1, 0.15) is 0 Å². The van der Waals surface area contributed by atoms with Gasteiger partial charge in [0.05, 0.1) is 28.0 Å². The molecule has 2 fully saturated rings. The lowest BCUT2D eigenvalue weighted by molar-refractivity contribution is -0.134. The third kappa shape index (κ3) is 2.63. The fourth-order valence-electron chi connectivity index (χ4n) is 4.22. The van der Waals surface area contributed by atoms with E-state index in [0.29, 0.717) is 48.2 Å². The van der Waals surface area contributed by atoms with Gasteiger partial charge in [-0.15, -0.1) is 0 Å². The highest BCUT2D eigenvalue weighted by Gasteiger charge is 2.53. The highest BCUT2D eigenvalue weighted by Crippen LogP contribution is 2.47. The van der Waals surface area contributed by atoms with E-state index in [0.717, 1.165) is 5.56 Å². The average molecular weight is 384 g/mol. The Morgan fingerprint density at radius 1 is 1.36 bits per heavy atom. The van der Waals surface area contributed by atoms with Gasteiger partial charge in [-0.25, -0.2) is 0 Å². The summed E-state index contributed by atoms with van der Waals surface area (Å²) in [7, 11) is 0. The maximum atomic E-state index is 12.8. The molecule has 6 nitrogen and oxygen atoms in total. The number of likely N-dealkylation sites (tertiary alicyclic amines) is 1. The fourth-order valence-corrected chi connectivity index (χ4v) is 4.55. The van der Waals surface area contributed by atoms with Crippen LogP contribution < -0.4 is 10.6 Å². The monoisotopic (exact) mass is 383 g/mol. The van der Waals surface area contributed by atoms with E-state index in [2.05, 4.69) is 10.6 Å². The number of benzene rings is 1. The van der Waals surface area contributed by atoms with E-state index in [4.69, 9.17) is 23.2 Å². The van der Waals surface area contributed by atoms with Gasteiger partial charge in [0.15, 0.2) is 0 Å². The van der Waals surface area contributed by atoms with Gasteiger partial charge in [-0.1, -0.05) is 23.2 Å². The summed E-state index contributed by atoms with van der Waals surface area (Å²) in [6.45, 7) is 1.48. The summed E-state index contributed by atoms with van der Waals surface area (Å²) in [6, 6.07) is 3.38. The van der Waals surface area contributed by atoms with Gasteiger partial charge in [-0.05, 0) is 30.5 Å². The highest BCUT2D eigenvalue weighted by atomic mass is 35.5. The molecule has 8 heteroatoms. The van der Waals surface area contributed by atoms with Gasteiger partial charge >= 0.3 is 0 Å². The second-order valence-electron chi connectivity index (χ2n) is 7.08. The van der Waals surface area contributed by atoms with Crippen LogP contribution in [0.25, 0.3) is 0 Å². The number of aliphatic hydroxyl groups excluding tert-OH is 1. The average Bonchev–Trinajstić information content (AvgIpc) is 3.29. The Morgan fingerprint density at radius 3 is 2.84 bits per heavy atom. The number of nitrogens with zero attached hydrogens (tertiary/aromatic N) is 1. The number of carbonyl (C=O) groups is 2. The number of nitrogens with one attached hydrogen (secondary N) is 2. The molecule has 1 spiro atoms. The van der Waals surface area contributed by atoms with E-state index >= 15 is 0 Å². The molecule has 0 bridgehead atoms. The first-order valence-electron chi connectivity index (χ1n) is 8.38. The Morgan fingerprint density at radius 2 is 2.12 bits per heavy atom. The van der Waals surface area contributed by atoms with Crippen LogP contribution in [0.5, 0.6) is 0 Å². The Bertz CT molecular complexity index is 757. The lowest BCUT2D eigenvalue weighted by Crippen LogP contribution is -2.41. The standard InChI is InChI=1S/C17H19Cl2N3O3/c18-12-4-11-14(5-13(12)19)21-16(25)17(11)1-2-22(8-17)15(24)9-3-10(7-23)20-6-9/h4-5,9-10,20,23H,1-3,6-8H2,(H,21,25)/t9-,10-,17-/m1/s1. The van der Waals surface area contributed by atoms with Crippen molar-refractivity contribution in [1.82, 2.24) is 10.2 Å². The smallest absolute Gasteiger partial charge is 0.237 e. The van der Waals surface area contributed by atoms with Crippen molar-refractivity contribution in [2.24, 2.45) is 5.92 Å². The van der Waals surface area contributed by atoms with E-state index in [1.54, 1.807) is 17.0 Å². The summed E-state index contributed by atoms with van der Waals surface area (Å²) in [5, 5.41) is 16.1. The molecule has 1 aromatic carbocycles. The number of hydrogen-bond acceptors (Lipinski definition) is 4. The minimum absolute atomic E-state index is 0.0260. The molecule has 134 valence electrons. The minimum atomic E-state index is -0.748. The number of aliphatic hydroxyl groups is 1. The lowest BCUT2D eigenvalue weighted by atomic mass is 9.81. The van der Waals surface area contributed by atoms with Gasteiger partial charge in [0, 0.05) is 31.4 Å². The van der Waals surface area contributed by atoms with E-state index in [1.807, 2.05) is 0 Å². The molecular weight excluding hydrogens is 365 g/mol. The van der Waals surface area contributed by atoms with Crippen LogP contribution in [0.15, 0.2) is 12.1 Å². The second-order valence-corrected chi connectivity index (χ2v) is 7.89. The van der Waals surface area contributed by atoms with E-state index in [1.165, 1.54) is 0 Å². The lowest BCUT2D eigenvalue weighted by Gasteiger charge is -2.24. The van der Waals surface area contributed by atoms with Crippen molar-refractivity contribution in [2.45, 2.75) is 24.3 Å². The predicted octanol–water partition coefficient (Wildman–Crippen LogP) is 1.39. The summed E-state index contributed by atoms with van der Waals surface area (Å²) in [6.07, 6.45) is 1.20. The van der Waals surface area contributed by atoms with E-state index in [9.17, 15) is 14.7 Å². The molecule has 0 aliphatic carbocycles. The first-order chi connectivity index (χ1) is 11.9. The van der Waals surface area contributed by atoms with Gasteiger partial charge in [0.2, 0.25) is 11.8 Å². The van der Waals surface area contributed by atoms with Crippen molar-refractivity contribution in [3.63, 3.8) is 0 Å². The minimum Gasteiger partial charge on any atom is -0.395 e. The van der Waals surface area contributed by atoms with Crippen molar-refractivity contribution in [3.05, 3.63) is 27.7 Å². The highest BCUT2D eigenvalue weighted by molar-refractivity contribution is 6.42. The third-order valence-electron chi connectivity index (χ3n) is 5.63. The topological polar surface area (TPSA) is 81.7 Å². The number of halogens is 2. The molecule has 3 aliphatic heterocycles. The summed E-state index contributed by atoms with van der Waals surface area (Å²) in [5.41, 5.74) is 0.748. The van der Waals surface area contributed by atoms with Crippen LogP contribution in [-0.4, -0.2) is 54.1 Å². The molecule has 3 N–H and O–H groups in total. The van der Waals surface area contributed by atoms with Crippen molar-refractivity contribution >= 4 is 40.7 Å². The SMILES string of the molecule is O=C([C@H]1CN[C@@H](CO)C1)N1CC[C@]2(C1)C(=O)Nc1cc(Cl)c(Cl)cc12. The van der Waals surface area contributed by atoms with Gasteiger partial charge in [0.25, 0.3) is 0 Å². The second kappa shape index (κ2) is 6.13. The molecule has 0 unspecified atom stereocenters. The fraction of sp³-hybridized carbons (Fsp3) is 0.529. The molecule has 3 atom stereocenters. The molecule has 2 saturated heterocycles. The van der Waals surface area contributed by atoms with Crippen LogP contribution in [0.2, 0.25) is 10.0 Å². The molecule has 0 aromatic heterocycles. The normalized spacial score (nSPS) is 30.8. The Labute approximate surface area is 155 Å². The summed E-state index contributed by atoms with van der Waals surface area (Å²) >= 11 is 12.2. The van der Waals surface area contributed by atoms with E-state index < -0.39 is 5.41 Å². The van der Waals surface area contributed by atoms with Gasteiger partial charge < -0.3 is 20.6 Å². The van der Waals surface area contributed by atoms with Gasteiger partial charge in [-0.3, -0.25) is 9.59 Å². The summed E-state index contributed by atoms with van der Waals surface area (Å²) in [4.78, 5) is 27.3. The molecule has 25 heavy (non-hydrogen) atoms. The largest absolute Gasteiger partial charge is 0.395 e. The van der Waals surface area contributed by atoms with Crippen molar-refractivity contribution < 1.29 is 14.7 Å².